The lowest BCUT2D eigenvalue weighted by molar-refractivity contribution is -0.140. The lowest BCUT2D eigenvalue weighted by atomic mass is 9.98. The second kappa shape index (κ2) is 8.16. The lowest BCUT2D eigenvalue weighted by Gasteiger charge is -2.30. The van der Waals surface area contributed by atoms with Crippen molar-refractivity contribution in [2.45, 2.75) is 37.0 Å². The molecule has 2 aromatic carbocycles. The Labute approximate surface area is 171 Å². The molecular weight excluding hydrogens is 390 g/mol. The number of hydrogen-bond donors (Lipinski definition) is 0. The predicted octanol–water partition coefficient (Wildman–Crippen LogP) is 3.19. The predicted molar refractivity (Wildman–Crippen MR) is 109 cm³/mol. The molecule has 1 saturated heterocycles. The first kappa shape index (κ1) is 19.9. The molecule has 1 heterocycles. The van der Waals surface area contributed by atoms with Crippen molar-refractivity contribution < 1.29 is 22.7 Å². The van der Waals surface area contributed by atoms with E-state index in [-0.39, 0.29) is 11.9 Å². The van der Waals surface area contributed by atoms with Gasteiger partial charge in [0, 0.05) is 13.1 Å². The van der Waals surface area contributed by atoms with Crippen molar-refractivity contribution in [3.63, 3.8) is 0 Å². The summed E-state index contributed by atoms with van der Waals surface area (Å²) >= 11 is 0. The summed E-state index contributed by atoms with van der Waals surface area (Å²) in [6, 6.07) is 12.3. The van der Waals surface area contributed by atoms with Gasteiger partial charge in [-0.15, -0.1) is 0 Å². The standard InChI is InChI=1S/C22H25NO5S/c1-27-19-6-8-20(9-7-19)28-22(24)17-11-13-23(14-12-17)29(25,26)21-10-5-16-3-2-4-18(16)15-21/h5-10,15,17H,2-4,11-14H2,1H3. The van der Waals surface area contributed by atoms with Gasteiger partial charge in [-0.2, -0.15) is 4.31 Å². The van der Waals surface area contributed by atoms with Crippen molar-refractivity contribution in [2.75, 3.05) is 20.2 Å². The maximum atomic E-state index is 13.0. The maximum Gasteiger partial charge on any atom is 0.314 e. The molecule has 29 heavy (non-hydrogen) atoms. The van der Waals surface area contributed by atoms with Crippen LogP contribution in [0.5, 0.6) is 11.5 Å². The van der Waals surface area contributed by atoms with Gasteiger partial charge in [0.2, 0.25) is 10.0 Å². The Hall–Kier alpha value is -2.38. The molecule has 0 unspecified atom stereocenters. The Balaban J connectivity index is 1.37. The van der Waals surface area contributed by atoms with E-state index in [9.17, 15) is 13.2 Å². The average molecular weight is 416 g/mol. The zero-order valence-electron chi connectivity index (χ0n) is 16.5. The Morgan fingerprint density at radius 2 is 1.62 bits per heavy atom. The van der Waals surface area contributed by atoms with E-state index in [0.29, 0.717) is 42.3 Å². The van der Waals surface area contributed by atoms with E-state index in [1.807, 2.05) is 12.1 Å². The number of hydrogen-bond acceptors (Lipinski definition) is 5. The molecule has 154 valence electrons. The number of sulfonamides is 1. The van der Waals surface area contributed by atoms with Crippen LogP contribution < -0.4 is 9.47 Å². The van der Waals surface area contributed by atoms with E-state index in [1.165, 1.54) is 9.87 Å². The van der Waals surface area contributed by atoms with Gasteiger partial charge in [-0.1, -0.05) is 6.07 Å². The highest BCUT2D eigenvalue weighted by Gasteiger charge is 2.33. The van der Waals surface area contributed by atoms with Gasteiger partial charge in [0.15, 0.2) is 0 Å². The first-order valence-electron chi connectivity index (χ1n) is 9.95. The Morgan fingerprint density at radius 3 is 2.31 bits per heavy atom. The molecule has 0 radical (unpaired) electrons. The lowest BCUT2D eigenvalue weighted by Crippen LogP contribution is -2.41. The molecule has 0 N–H and O–H groups in total. The van der Waals surface area contributed by atoms with Crippen molar-refractivity contribution in [1.29, 1.82) is 0 Å². The Kier molecular flexibility index (Phi) is 5.61. The number of carbonyl (C=O) groups is 1. The molecule has 2 aromatic rings. The molecule has 1 aliphatic carbocycles. The summed E-state index contributed by atoms with van der Waals surface area (Å²) in [5.41, 5.74) is 2.40. The van der Waals surface area contributed by atoms with E-state index in [1.54, 1.807) is 37.4 Å². The van der Waals surface area contributed by atoms with Crippen molar-refractivity contribution >= 4 is 16.0 Å². The van der Waals surface area contributed by atoms with Crippen LogP contribution in [-0.2, 0) is 27.7 Å². The van der Waals surface area contributed by atoms with Gasteiger partial charge >= 0.3 is 5.97 Å². The average Bonchev–Trinajstić information content (AvgIpc) is 3.22. The number of benzene rings is 2. The van der Waals surface area contributed by atoms with Crippen LogP contribution >= 0.6 is 0 Å². The molecule has 0 aromatic heterocycles. The van der Waals surface area contributed by atoms with Crippen LogP contribution in [0.25, 0.3) is 0 Å². The number of fused-ring (bicyclic) bond motifs is 1. The van der Waals surface area contributed by atoms with Crippen molar-refractivity contribution in [1.82, 2.24) is 4.31 Å². The quantitative estimate of drug-likeness (QED) is 0.554. The van der Waals surface area contributed by atoms with Gasteiger partial charge < -0.3 is 9.47 Å². The molecule has 0 atom stereocenters. The minimum atomic E-state index is -3.53. The fourth-order valence-electron chi connectivity index (χ4n) is 4.03. The van der Waals surface area contributed by atoms with Gasteiger partial charge in [0.1, 0.15) is 11.5 Å². The number of nitrogens with zero attached hydrogens (tertiary/aromatic N) is 1. The summed E-state index contributed by atoms with van der Waals surface area (Å²) in [4.78, 5) is 12.8. The summed E-state index contributed by atoms with van der Waals surface area (Å²) in [5.74, 6) is 0.534. The smallest absolute Gasteiger partial charge is 0.314 e. The second-order valence-electron chi connectivity index (χ2n) is 7.56. The van der Waals surface area contributed by atoms with Crippen LogP contribution in [0, 0.1) is 5.92 Å². The monoisotopic (exact) mass is 415 g/mol. The summed E-state index contributed by atoms with van der Waals surface area (Å²) < 4.78 is 38.1. The highest BCUT2D eigenvalue weighted by atomic mass is 32.2. The maximum absolute atomic E-state index is 13.0. The van der Waals surface area contributed by atoms with E-state index in [0.717, 1.165) is 24.8 Å². The third-order valence-electron chi connectivity index (χ3n) is 5.77. The normalized spacial score (nSPS) is 17.7. The minimum Gasteiger partial charge on any atom is -0.497 e. The zero-order chi connectivity index (χ0) is 20.4. The summed E-state index contributed by atoms with van der Waals surface area (Å²) in [7, 11) is -1.96. The topological polar surface area (TPSA) is 72.9 Å². The molecule has 0 saturated carbocycles. The Bertz CT molecular complexity index is 992. The van der Waals surface area contributed by atoms with Gasteiger partial charge in [0.05, 0.1) is 17.9 Å². The van der Waals surface area contributed by atoms with Gasteiger partial charge in [-0.3, -0.25) is 4.79 Å². The molecular formula is C22H25NO5S. The molecule has 0 bridgehead atoms. The Morgan fingerprint density at radius 1 is 0.966 bits per heavy atom. The van der Waals surface area contributed by atoms with Crippen LogP contribution in [0.4, 0.5) is 0 Å². The van der Waals surface area contributed by atoms with Crippen LogP contribution in [0.1, 0.15) is 30.4 Å². The fourth-order valence-corrected chi connectivity index (χ4v) is 5.55. The number of carbonyl (C=O) groups excluding carboxylic acids is 1. The van der Waals surface area contributed by atoms with Crippen LogP contribution in [0.3, 0.4) is 0 Å². The van der Waals surface area contributed by atoms with Crippen LogP contribution in [0.15, 0.2) is 47.4 Å². The van der Waals surface area contributed by atoms with E-state index in [2.05, 4.69) is 0 Å². The molecule has 4 rings (SSSR count). The molecule has 0 spiro atoms. The first-order valence-corrected chi connectivity index (χ1v) is 11.4. The summed E-state index contributed by atoms with van der Waals surface area (Å²) in [6.45, 7) is 0.642. The third kappa shape index (κ3) is 4.16. The van der Waals surface area contributed by atoms with Crippen LogP contribution in [-0.4, -0.2) is 38.9 Å². The van der Waals surface area contributed by atoms with Crippen molar-refractivity contribution in [3.8, 4) is 11.5 Å². The SMILES string of the molecule is COc1ccc(OC(=O)C2CCN(S(=O)(=O)c3ccc4c(c3)CCC4)CC2)cc1. The summed E-state index contributed by atoms with van der Waals surface area (Å²) in [6.07, 6.45) is 3.97. The van der Waals surface area contributed by atoms with Crippen LogP contribution in [0.2, 0.25) is 0 Å². The molecule has 0 amide bonds. The highest BCUT2D eigenvalue weighted by molar-refractivity contribution is 7.89. The molecule has 2 aliphatic rings. The van der Waals surface area contributed by atoms with Gasteiger partial charge in [0.25, 0.3) is 0 Å². The van der Waals surface area contributed by atoms with E-state index >= 15 is 0 Å². The third-order valence-corrected chi connectivity index (χ3v) is 7.67. The number of rotatable bonds is 5. The highest BCUT2D eigenvalue weighted by Crippen LogP contribution is 2.29. The molecule has 1 aliphatic heterocycles. The fraction of sp³-hybridized carbons (Fsp3) is 0.409. The first-order chi connectivity index (χ1) is 14.0. The molecule has 7 heteroatoms. The van der Waals surface area contributed by atoms with Gasteiger partial charge in [-0.05, 0) is 79.6 Å². The number of esters is 1. The summed E-state index contributed by atoms with van der Waals surface area (Å²) in [5, 5.41) is 0. The number of piperidine rings is 1. The second-order valence-corrected chi connectivity index (χ2v) is 9.50. The largest absolute Gasteiger partial charge is 0.497 e. The molecule has 1 fully saturated rings. The number of ether oxygens (including phenoxy) is 2. The van der Waals surface area contributed by atoms with Crippen molar-refractivity contribution in [2.24, 2.45) is 5.92 Å². The molecule has 6 nitrogen and oxygen atoms in total. The number of methoxy groups -OCH3 is 1. The van der Waals surface area contributed by atoms with E-state index in [4.69, 9.17) is 9.47 Å². The van der Waals surface area contributed by atoms with Crippen molar-refractivity contribution in [3.05, 3.63) is 53.6 Å². The zero-order valence-corrected chi connectivity index (χ0v) is 17.3. The number of aryl methyl sites for hydroxylation is 2. The minimum absolute atomic E-state index is 0.302. The van der Waals surface area contributed by atoms with Gasteiger partial charge in [-0.25, -0.2) is 8.42 Å². The van der Waals surface area contributed by atoms with E-state index < -0.39 is 10.0 Å².